The lowest BCUT2D eigenvalue weighted by Crippen LogP contribution is -2.42. The minimum atomic E-state index is -1.69. The average molecular weight is 596 g/mol. The van der Waals surface area contributed by atoms with Crippen molar-refractivity contribution in [3.8, 4) is 0 Å². The van der Waals surface area contributed by atoms with Crippen molar-refractivity contribution in [2.75, 3.05) is 12.4 Å². The average Bonchev–Trinajstić information content (AvgIpc) is 3.46. The fourth-order valence-corrected chi connectivity index (χ4v) is 9.92. The van der Waals surface area contributed by atoms with Crippen molar-refractivity contribution in [1.29, 1.82) is 0 Å². The van der Waals surface area contributed by atoms with Crippen LogP contribution in [0.4, 0.5) is 0 Å². The summed E-state index contributed by atoms with van der Waals surface area (Å²) >= 11 is 3.13. The maximum Gasteiger partial charge on any atom is 0.357 e. The van der Waals surface area contributed by atoms with Crippen LogP contribution in [0.25, 0.3) is 0 Å². The largest absolute Gasteiger partial charge is 0.462 e. The summed E-state index contributed by atoms with van der Waals surface area (Å²) in [6.45, 7) is 12.9. The molecule has 0 saturated heterocycles. The number of allylic oxidation sites excluding steroid dienone is 1. The van der Waals surface area contributed by atoms with Crippen LogP contribution >= 0.6 is 23.1 Å². The molecular weight excluding hydrogens is 547 g/mol. The fourth-order valence-electron chi connectivity index (χ4n) is 6.36. The van der Waals surface area contributed by atoms with Gasteiger partial charge >= 0.3 is 11.9 Å². The molecule has 2 fully saturated rings. The lowest BCUT2D eigenvalue weighted by atomic mass is 9.80. The molecule has 2 saturated carbocycles. The summed E-state index contributed by atoms with van der Waals surface area (Å²) in [5, 5.41) is 1.76. The van der Waals surface area contributed by atoms with Gasteiger partial charge in [-0.25, -0.2) is 9.78 Å². The summed E-state index contributed by atoms with van der Waals surface area (Å²) in [4.78, 5) is 28.2. The maximum absolute atomic E-state index is 11.9. The van der Waals surface area contributed by atoms with Crippen LogP contribution in [0.3, 0.4) is 0 Å². The molecular formula is C30H49NO5S2Si. The van der Waals surface area contributed by atoms with Gasteiger partial charge in [0.2, 0.25) is 0 Å². The van der Waals surface area contributed by atoms with E-state index in [0.29, 0.717) is 18.2 Å². The van der Waals surface area contributed by atoms with Crippen LogP contribution in [0, 0.1) is 17.8 Å². The van der Waals surface area contributed by atoms with Gasteiger partial charge in [-0.3, -0.25) is 4.79 Å². The lowest BCUT2D eigenvalue weighted by molar-refractivity contribution is -0.148. The topological polar surface area (TPSA) is 74.7 Å². The smallest absolute Gasteiger partial charge is 0.357 e. The molecule has 4 atom stereocenters. The van der Waals surface area contributed by atoms with Crippen molar-refractivity contribution in [2.45, 2.75) is 121 Å². The first kappa shape index (κ1) is 32.4. The number of ether oxygens (including phenoxy) is 2. The molecule has 0 amide bonds. The summed E-state index contributed by atoms with van der Waals surface area (Å²) in [7, 11) is -1.69. The Balaban J connectivity index is 1.62. The van der Waals surface area contributed by atoms with Crippen molar-refractivity contribution in [2.24, 2.45) is 17.8 Å². The Bertz CT molecular complexity index is 955. The van der Waals surface area contributed by atoms with Crippen LogP contribution in [0.2, 0.25) is 19.6 Å². The van der Waals surface area contributed by atoms with Gasteiger partial charge in [0.1, 0.15) is 6.10 Å². The number of nitrogens with zero attached hydrogens (tertiary/aromatic N) is 1. The Hall–Kier alpha value is -1.16. The van der Waals surface area contributed by atoms with Gasteiger partial charge in [-0.05, 0) is 77.4 Å². The molecule has 6 nitrogen and oxygen atoms in total. The van der Waals surface area contributed by atoms with Crippen molar-refractivity contribution in [3.05, 3.63) is 23.2 Å². The first-order chi connectivity index (χ1) is 18.5. The summed E-state index contributed by atoms with van der Waals surface area (Å²) in [5.41, 5.74) is 0.254. The lowest BCUT2D eigenvalue weighted by Gasteiger charge is -2.39. The number of aromatic nitrogens is 1. The molecule has 0 aromatic carbocycles. The Labute approximate surface area is 245 Å². The molecule has 3 rings (SSSR count). The number of rotatable bonds is 14. The van der Waals surface area contributed by atoms with E-state index >= 15 is 0 Å². The highest BCUT2D eigenvalue weighted by molar-refractivity contribution is 8.01. The van der Waals surface area contributed by atoms with Gasteiger partial charge in [0.25, 0.3) is 0 Å². The third-order valence-electron chi connectivity index (χ3n) is 7.70. The SMILES string of the molecule is CCOC(=O)c1csc(SCC[C@H]2[C@@H](OC(C)=O)CC[C@@H]2/C=C/CC(C)(CC2CCCCC2)O[Si](C)(C)C)n1. The Kier molecular flexibility index (Phi) is 12.6. The fraction of sp³-hybridized carbons (Fsp3) is 0.767. The molecule has 9 heteroatoms. The van der Waals surface area contributed by atoms with Crippen molar-refractivity contribution < 1.29 is 23.5 Å². The van der Waals surface area contributed by atoms with Crippen molar-refractivity contribution in [1.82, 2.24) is 4.98 Å². The van der Waals surface area contributed by atoms with E-state index in [9.17, 15) is 9.59 Å². The van der Waals surface area contributed by atoms with Gasteiger partial charge < -0.3 is 13.9 Å². The molecule has 1 aromatic rings. The van der Waals surface area contributed by atoms with Gasteiger partial charge in [0.05, 0.1) is 12.2 Å². The second-order valence-electron chi connectivity index (χ2n) is 12.4. The first-order valence-corrected chi connectivity index (χ1v) is 20.0. The number of hydrogen-bond donors (Lipinski definition) is 0. The number of thiazole rings is 1. The molecule has 0 radical (unpaired) electrons. The van der Waals surface area contributed by atoms with Crippen LogP contribution in [0.15, 0.2) is 21.9 Å². The summed E-state index contributed by atoms with van der Waals surface area (Å²) in [6, 6.07) is 0. The van der Waals surface area contributed by atoms with Gasteiger partial charge in [-0.15, -0.1) is 11.3 Å². The molecule has 39 heavy (non-hydrogen) atoms. The monoisotopic (exact) mass is 595 g/mol. The van der Waals surface area contributed by atoms with E-state index in [1.807, 2.05) is 0 Å². The number of hydrogen-bond acceptors (Lipinski definition) is 8. The summed E-state index contributed by atoms with van der Waals surface area (Å²) in [6.07, 6.45) is 16.4. The molecule has 0 bridgehead atoms. The molecule has 1 heterocycles. The summed E-state index contributed by atoms with van der Waals surface area (Å²) < 4.78 is 18.5. The highest BCUT2D eigenvalue weighted by atomic mass is 32.2. The molecule has 0 aliphatic heterocycles. The third-order valence-corrected chi connectivity index (χ3v) is 10.9. The second-order valence-corrected chi connectivity index (χ2v) is 19.0. The van der Waals surface area contributed by atoms with Gasteiger partial charge in [-0.1, -0.05) is 56.0 Å². The molecule has 2 aliphatic rings. The highest BCUT2D eigenvalue weighted by Gasteiger charge is 2.37. The van der Waals surface area contributed by atoms with Crippen LogP contribution in [-0.2, 0) is 18.7 Å². The van der Waals surface area contributed by atoms with E-state index in [4.69, 9.17) is 13.9 Å². The van der Waals surface area contributed by atoms with Crippen molar-refractivity contribution in [3.63, 3.8) is 0 Å². The predicted octanol–water partition coefficient (Wildman–Crippen LogP) is 8.29. The van der Waals surface area contributed by atoms with Crippen LogP contribution in [-0.4, -0.2) is 49.3 Å². The quantitative estimate of drug-likeness (QED) is 0.0927. The van der Waals surface area contributed by atoms with E-state index in [1.165, 1.54) is 50.4 Å². The summed E-state index contributed by atoms with van der Waals surface area (Å²) in [5.74, 6) is 1.72. The van der Waals surface area contributed by atoms with E-state index in [0.717, 1.165) is 48.1 Å². The zero-order chi connectivity index (χ0) is 28.5. The first-order valence-electron chi connectivity index (χ1n) is 14.8. The van der Waals surface area contributed by atoms with Crippen LogP contribution < -0.4 is 0 Å². The number of thioether (sulfide) groups is 1. The number of esters is 2. The zero-order valence-corrected chi connectivity index (χ0v) is 27.5. The Morgan fingerprint density at radius 2 is 1.92 bits per heavy atom. The molecule has 0 spiro atoms. The van der Waals surface area contributed by atoms with Gasteiger partial charge in [0.15, 0.2) is 18.4 Å². The molecule has 1 aromatic heterocycles. The molecule has 0 N–H and O–H groups in total. The Morgan fingerprint density at radius 1 is 1.18 bits per heavy atom. The van der Waals surface area contributed by atoms with E-state index in [1.54, 1.807) is 24.1 Å². The van der Waals surface area contributed by atoms with E-state index < -0.39 is 8.32 Å². The number of carbonyl (C=O) groups excluding carboxylic acids is 2. The van der Waals surface area contributed by atoms with Crippen LogP contribution in [0.1, 0.15) is 95.5 Å². The second kappa shape index (κ2) is 15.2. The van der Waals surface area contributed by atoms with Gasteiger partial charge in [0, 0.05) is 24.0 Å². The zero-order valence-electron chi connectivity index (χ0n) is 24.8. The van der Waals surface area contributed by atoms with E-state index in [2.05, 4.69) is 43.7 Å². The van der Waals surface area contributed by atoms with Crippen molar-refractivity contribution >= 4 is 43.4 Å². The molecule has 1 unspecified atom stereocenters. The third kappa shape index (κ3) is 11.0. The minimum Gasteiger partial charge on any atom is -0.462 e. The predicted molar refractivity (Wildman–Crippen MR) is 163 cm³/mol. The normalized spacial score (nSPS) is 24.1. The Morgan fingerprint density at radius 3 is 2.59 bits per heavy atom. The standard InChI is InChI=1S/C30H49NO5S2Si/c1-7-34-28(33)26-21-38-29(31-26)37-19-17-25-24(15-16-27(25)35-22(2)32)14-11-18-30(3,36-39(4,5)6)20-23-12-9-8-10-13-23/h11,14,21,23-25,27H,7-10,12-13,15-20H2,1-6H3/b14-11+/t24-,25+,27-,30?/m0/s1. The molecule has 2 aliphatic carbocycles. The minimum absolute atomic E-state index is 0.0454. The van der Waals surface area contributed by atoms with E-state index in [-0.39, 0.29) is 29.6 Å². The van der Waals surface area contributed by atoms with Gasteiger partial charge in [-0.2, -0.15) is 0 Å². The molecule has 220 valence electrons. The maximum atomic E-state index is 11.9. The van der Waals surface area contributed by atoms with Crippen LogP contribution in [0.5, 0.6) is 0 Å². The number of carbonyl (C=O) groups is 2. The highest BCUT2D eigenvalue weighted by Crippen LogP contribution is 2.40.